The molecule has 0 radical (unpaired) electrons. The van der Waals surface area contributed by atoms with Crippen LogP contribution in [-0.2, 0) is 4.74 Å². The summed E-state index contributed by atoms with van der Waals surface area (Å²) in [7, 11) is 0. The highest BCUT2D eigenvalue weighted by molar-refractivity contribution is 5.82. The summed E-state index contributed by atoms with van der Waals surface area (Å²) in [5, 5.41) is 21.1. The summed E-state index contributed by atoms with van der Waals surface area (Å²) in [6.45, 7) is 5.27. The molecule has 1 saturated heterocycles. The standard InChI is InChI=1S/C17H23N5O4/c1-3-17(24)9(2)25-15(12(17)23)22-8-19-11-13(18)20-16(21-14(11)22)26-10-6-4-5-7-10/h3,8-10,12,15,23-24H,1,4-7H2,2H3,(H2,18,20,21)/t9-,12+,15?,17+/m1/s1. The van der Waals surface area contributed by atoms with Crippen LogP contribution < -0.4 is 10.5 Å². The van der Waals surface area contributed by atoms with Crippen molar-refractivity contribution in [2.45, 2.75) is 62.7 Å². The third kappa shape index (κ3) is 2.54. The summed E-state index contributed by atoms with van der Waals surface area (Å²) < 4.78 is 13.1. The average Bonchev–Trinajstić information content (AvgIpc) is 3.32. The Morgan fingerprint density at radius 3 is 2.81 bits per heavy atom. The summed E-state index contributed by atoms with van der Waals surface area (Å²) in [6, 6.07) is 0.183. The van der Waals surface area contributed by atoms with E-state index < -0.39 is 24.0 Å². The van der Waals surface area contributed by atoms with E-state index in [1.165, 1.54) is 17.0 Å². The second kappa shape index (κ2) is 6.19. The molecule has 1 aliphatic heterocycles. The molecule has 3 heterocycles. The Morgan fingerprint density at radius 2 is 2.15 bits per heavy atom. The maximum absolute atomic E-state index is 10.6. The molecule has 4 rings (SSSR count). The zero-order chi connectivity index (χ0) is 18.5. The molecule has 1 unspecified atom stereocenters. The maximum Gasteiger partial charge on any atom is 0.320 e. The van der Waals surface area contributed by atoms with Crippen molar-refractivity contribution in [1.29, 1.82) is 0 Å². The lowest BCUT2D eigenvalue weighted by atomic mass is 9.93. The van der Waals surface area contributed by atoms with Crippen molar-refractivity contribution in [3.8, 4) is 6.01 Å². The largest absolute Gasteiger partial charge is 0.460 e. The fourth-order valence-corrected chi connectivity index (χ4v) is 3.68. The SMILES string of the molecule is C=C[C@]1(O)[C@@H](C)OC(n2cnc3c(N)nc(OC4CCCC4)nc32)[C@@H]1O. The number of anilines is 1. The van der Waals surface area contributed by atoms with Crippen LogP contribution in [0.2, 0.25) is 0 Å². The molecule has 0 aromatic carbocycles. The number of ether oxygens (including phenoxy) is 2. The van der Waals surface area contributed by atoms with Crippen molar-refractivity contribution in [3.05, 3.63) is 19.0 Å². The molecule has 9 heteroatoms. The monoisotopic (exact) mass is 361 g/mol. The first-order chi connectivity index (χ1) is 12.4. The fraction of sp³-hybridized carbons (Fsp3) is 0.588. The Bertz CT molecular complexity index is 834. The first-order valence-corrected chi connectivity index (χ1v) is 8.80. The third-order valence-corrected chi connectivity index (χ3v) is 5.34. The number of nitrogen functional groups attached to an aromatic ring is 1. The van der Waals surface area contributed by atoms with Crippen LogP contribution in [0.15, 0.2) is 19.0 Å². The molecule has 4 atom stereocenters. The number of aliphatic hydroxyl groups excluding tert-OH is 1. The van der Waals surface area contributed by atoms with Gasteiger partial charge in [-0.1, -0.05) is 6.08 Å². The molecule has 9 nitrogen and oxygen atoms in total. The number of nitrogens with two attached hydrogens (primary N) is 1. The Labute approximate surface area is 150 Å². The normalized spacial score (nSPS) is 32.3. The molecule has 2 aromatic heterocycles. The van der Waals surface area contributed by atoms with Crippen LogP contribution in [0.25, 0.3) is 11.2 Å². The van der Waals surface area contributed by atoms with Crippen molar-refractivity contribution in [2.24, 2.45) is 0 Å². The van der Waals surface area contributed by atoms with Gasteiger partial charge in [-0.25, -0.2) is 4.98 Å². The van der Waals surface area contributed by atoms with E-state index >= 15 is 0 Å². The lowest BCUT2D eigenvalue weighted by molar-refractivity contribution is -0.0360. The molecule has 2 fully saturated rings. The predicted molar refractivity (Wildman–Crippen MR) is 93.4 cm³/mol. The molecule has 2 aromatic rings. The highest BCUT2D eigenvalue weighted by Crippen LogP contribution is 2.39. The summed E-state index contributed by atoms with van der Waals surface area (Å²) >= 11 is 0. The van der Waals surface area contributed by atoms with Crippen LogP contribution in [0.4, 0.5) is 5.82 Å². The van der Waals surface area contributed by atoms with Gasteiger partial charge in [0, 0.05) is 0 Å². The number of aliphatic hydroxyl groups is 2. The number of imidazole rings is 1. The number of hydrogen-bond acceptors (Lipinski definition) is 8. The summed E-state index contributed by atoms with van der Waals surface area (Å²) in [5.41, 5.74) is 5.22. The van der Waals surface area contributed by atoms with Gasteiger partial charge in [-0.3, -0.25) is 4.57 Å². The zero-order valence-electron chi connectivity index (χ0n) is 14.6. The Hall–Kier alpha value is -2.23. The fourth-order valence-electron chi connectivity index (χ4n) is 3.68. The van der Waals surface area contributed by atoms with Crippen LogP contribution in [0.1, 0.15) is 38.8 Å². The van der Waals surface area contributed by atoms with E-state index in [4.69, 9.17) is 15.2 Å². The zero-order valence-corrected chi connectivity index (χ0v) is 14.6. The molecule has 2 aliphatic rings. The van der Waals surface area contributed by atoms with E-state index in [1.54, 1.807) is 6.92 Å². The molecule has 1 aliphatic carbocycles. The minimum Gasteiger partial charge on any atom is -0.460 e. The maximum atomic E-state index is 10.6. The number of hydrogen-bond donors (Lipinski definition) is 3. The smallest absolute Gasteiger partial charge is 0.320 e. The van der Waals surface area contributed by atoms with E-state index in [1.807, 2.05) is 0 Å². The van der Waals surface area contributed by atoms with E-state index in [9.17, 15) is 10.2 Å². The highest BCUT2D eigenvalue weighted by Gasteiger charge is 2.52. The van der Waals surface area contributed by atoms with Gasteiger partial charge in [-0.2, -0.15) is 9.97 Å². The lowest BCUT2D eigenvalue weighted by Crippen LogP contribution is -2.44. The molecule has 140 valence electrons. The van der Waals surface area contributed by atoms with Gasteiger partial charge in [0.05, 0.1) is 12.4 Å². The van der Waals surface area contributed by atoms with Gasteiger partial charge in [-0.15, -0.1) is 6.58 Å². The van der Waals surface area contributed by atoms with Crippen LogP contribution in [0.5, 0.6) is 6.01 Å². The predicted octanol–water partition coefficient (Wildman–Crippen LogP) is 0.925. The molecule has 0 spiro atoms. The van der Waals surface area contributed by atoms with Crippen LogP contribution in [0.3, 0.4) is 0 Å². The van der Waals surface area contributed by atoms with Gasteiger partial charge in [0.25, 0.3) is 0 Å². The Morgan fingerprint density at radius 1 is 1.42 bits per heavy atom. The van der Waals surface area contributed by atoms with Gasteiger partial charge < -0.3 is 25.4 Å². The van der Waals surface area contributed by atoms with E-state index in [2.05, 4.69) is 21.5 Å². The van der Waals surface area contributed by atoms with E-state index in [0.717, 1.165) is 25.7 Å². The van der Waals surface area contributed by atoms with Gasteiger partial charge >= 0.3 is 6.01 Å². The van der Waals surface area contributed by atoms with E-state index in [0.29, 0.717) is 11.2 Å². The van der Waals surface area contributed by atoms with Gasteiger partial charge in [0.1, 0.15) is 17.8 Å². The highest BCUT2D eigenvalue weighted by atomic mass is 16.6. The van der Waals surface area contributed by atoms with Crippen molar-refractivity contribution in [2.75, 3.05) is 5.73 Å². The topological polar surface area (TPSA) is 129 Å². The molecular formula is C17H23N5O4. The van der Waals surface area contributed by atoms with Gasteiger partial charge in [0.2, 0.25) is 0 Å². The van der Waals surface area contributed by atoms with Crippen molar-refractivity contribution < 1.29 is 19.7 Å². The van der Waals surface area contributed by atoms with Crippen LogP contribution >= 0.6 is 0 Å². The first-order valence-electron chi connectivity index (χ1n) is 8.80. The molecule has 1 saturated carbocycles. The van der Waals surface area contributed by atoms with Crippen molar-refractivity contribution >= 4 is 17.0 Å². The Balaban J connectivity index is 1.72. The molecule has 0 amide bonds. The second-order valence-corrected chi connectivity index (χ2v) is 6.94. The van der Waals surface area contributed by atoms with Crippen LogP contribution in [0, 0.1) is 0 Å². The number of rotatable bonds is 4. The third-order valence-electron chi connectivity index (χ3n) is 5.34. The first kappa shape index (κ1) is 17.2. The quantitative estimate of drug-likeness (QED) is 0.686. The second-order valence-electron chi connectivity index (χ2n) is 6.94. The summed E-state index contributed by atoms with van der Waals surface area (Å²) in [6.07, 6.45) is 4.26. The molecule has 26 heavy (non-hydrogen) atoms. The number of nitrogens with zero attached hydrogens (tertiary/aromatic N) is 4. The van der Waals surface area contributed by atoms with Gasteiger partial charge in [-0.05, 0) is 32.6 Å². The number of aromatic nitrogens is 4. The Kier molecular flexibility index (Phi) is 4.09. The van der Waals surface area contributed by atoms with Crippen molar-refractivity contribution in [1.82, 2.24) is 19.5 Å². The molecule has 0 bridgehead atoms. The van der Waals surface area contributed by atoms with E-state index in [-0.39, 0.29) is 17.9 Å². The van der Waals surface area contributed by atoms with Gasteiger partial charge in [0.15, 0.2) is 23.2 Å². The summed E-state index contributed by atoms with van der Waals surface area (Å²) in [4.78, 5) is 12.8. The summed E-state index contributed by atoms with van der Waals surface area (Å²) in [5.74, 6) is 0.196. The molecular weight excluding hydrogens is 338 g/mol. The molecule has 4 N–H and O–H groups in total. The van der Waals surface area contributed by atoms with Crippen LogP contribution in [-0.4, -0.2) is 53.6 Å². The number of fused-ring (bicyclic) bond motifs is 1. The minimum absolute atomic E-state index is 0.0856. The lowest BCUT2D eigenvalue weighted by Gasteiger charge is -2.25. The minimum atomic E-state index is -1.57. The average molecular weight is 361 g/mol. The van der Waals surface area contributed by atoms with Crippen molar-refractivity contribution in [3.63, 3.8) is 0 Å².